The van der Waals surface area contributed by atoms with Crippen LogP contribution in [0, 0.1) is 11.8 Å². The third kappa shape index (κ3) is 3.68. The molecule has 0 spiro atoms. The summed E-state index contributed by atoms with van der Waals surface area (Å²) in [6.07, 6.45) is 3.54. The number of ether oxygens (including phenoxy) is 1. The number of nitrogens with zero attached hydrogens (tertiary/aromatic N) is 4. The first-order chi connectivity index (χ1) is 18.3. The van der Waals surface area contributed by atoms with Crippen LogP contribution >= 0.6 is 0 Å². The van der Waals surface area contributed by atoms with Crippen molar-refractivity contribution in [3.8, 4) is 5.75 Å². The second-order valence-corrected chi connectivity index (χ2v) is 12.3. The van der Waals surface area contributed by atoms with E-state index in [9.17, 15) is 4.79 Å². The van der Waals surface area contributed by atoms with Gasteiger partial charge >= 0.3 is 0 Å². The molecule has 0 N–H and O–H groups in total. The molecule has 1 aliphatic carbocycles. The Kier molecular flexibility index (Phi) is 5.42. The number of amides is 1. The smallest absolute Gasteiger partial charge is 0.254 e. The lowest BCUT2D eigenvalue weighted by atomic mass is 9.64. The van der Waals surface area contributed by atoms with E-state index in [2.05, 4.69) is 57.0 Å². The zero-order chi connectivity index (χ0) is 26.2. The maximum absolute atomic E-state index is 13.4. The number of carbonyl (C=O) groups is 1. The molecule has 1 amide bonds. The van der Waals surface area contributed by atoms with Crippen molar-refractivity contribution in [2.45, 2.75) is 51.6 Å². The summed E-state index contributed by atoms with van der Waals surface area (Å²) in [5, 5.41) is 2.20. The summed E-state index contributed by atoms with van der Waals surface area (Å²) in [5.41, 5.74) is 5.15. The van der Waals surface area contributed by atoms with Crippen molar-refractivity contribution in [2.24, 2.45) is 11.8 Å². The number of fused-ring (bicyclic) bond motifs is 9. The number of hydrogen-bond donors (Lipinski definition) is 0. The number of aromatic nitrogens is 2. The molecule has 7 rings (SSSR count). The average Bonchev–Trinajstić information content (AvgIpc) is 2.91. The van der Waals surface area contributed by atoms with Gasteiger partial charge < -0.3 is 14.5 Å². The number of carbonyl (C=O) groups excluding carboxylic acids is 1. The third-order valence-electron chi connectivity index (χ3n) is 9.37. The molecule has 0 radical (unpaired) electrons. The van der Waals surface area contributed by atoms with Gasteiger partial charge in [-0.1, -0.05) is 37.6 Å². The van der Waals surface area contributed by atoms with Gasteiger partial charge in [0.15, 0.2) is 0 Å². The largest absolute Gasteiger partial charge is 0.487 e. The third-order valence-corrected chi connectivity index (χ3v) is 9.37. The van der Waals surface area contributed by atoms with Crippen molar-refractivity contribution < 1.29 is 9.53 Å². The molecule has 2 fully saturated rings. The standard InChI is InChI=1S/C32H36N4O2/c1-19-9-11-24-23(17-19)27-29-28(21-7-5-6-8-22(21)30(27)38-32(24,2)3)33-25-12-10-20(18-26(25)34-29)31(37)36-15-13-35(4)14-16-36/h5-8,10,12,18-19,23-24H,9,11,13-17H2,1-4H3. The van der Waals surface area contributed by atoms with E-state index < -0.39 is 0 Å². The molecule has 6 nitrogen and oxygen atoms in total. The Morgan fingerprint density at radius 3 is 2.47 bits per heavy atom. The van der Waals surface area contributed by atoms with Crippen LogP contribution in [0.5, 0.6) is 5.75 Å². The molecule has 3 heterocycles. The molecule has 4 aromatic rings. The molecule has 0 bridgehead atoms. The van der Waals surface area contributed by atoms with Crippen molar-refractivity contribution in [3.05, 3.63) is 53.6 Å². The van der Waals surface area contributed by atoms with E-state index in [-0.39, 0.29) is 11.5 Å². The maximum Gasteiger partial charge on any atom is 0.254 e. The van der Waals surface area contributed by atoms with Gasteiger partial charge in [-0.3, -0.25) is 4.79 Å². The predicted octanol–water partition coefficient (Wildman–Crippen LogP) is 6.01. The molecule has 3 aliphatic rings. The highest BCUT2D eigenvalue weighted by molar-refractivity contribution is 6.11. The van der Waals surface area contributed by atoms with Crippen LogP contribution in [-0.4, -0.2) is 64.5 Å². The molecule has 196 valence electrons. The minimum atomic E-state index is -0.235. The van der Waals surface area contributed by atoms with Crippen LogP contribution in [0.3, 0.4) is 0 Å². The number of benzene rings is 3. The van der Waals surface area contributed by atoms with E-state index in [1.807, 2.05) is 23.1 Å². The summed E-state index contributed by atoms with van der Waals surface area (Å²) in [6, 6.07) is 14.3. The molecule has 6 heteroatoms. The molecule has 38 heavy (non-hydrogen) atoms. The Labute approximate surface area is 224 Å². The minimum absolute atomic E-state index is 0.0775. The zero-order valence-corrected chi connectivity index (χ0v) is 22.8. The summed E-state index contributed by atoms with van der Waals surface area (Å²) in [7, 11) is 2.10. The van der Waals surface area contributed by atoms with Crippen molar-refractivity contribution >= 4 is 38.7 Å². The van der Waals surface area contributed by atoms with Gasteiger partial charge in [-0.25, -0.2) is 9.97 Å². The lowest BCUT2D eigenvalue weighted by Gasteiger charge is -2.49. The number of piperazine rings is 1. The first-order valence-corrected chi connectivity index (χ1v) is 14.1. The molecule has 3 aromatic carbocycles. The Morgan fingerprint density at radius 1 is 0.947 bits per heavy atom. The van der Waals surface area contributed by atoms with Gasteiger partial charge in [-0.15, -0.1) is 0 Å². The van der Waals surface area contributed by atoms with Crippen LogP contribution in [0.4, 0.5) is 0 Å². The second-order valence-electron chi connectivity index (χ2n) is 12.3. The quantitative estimate of drug-likeness (QED) is 0.233. The molecular formula is C32H36N4O2. The van der Waals surface area contributed by atoms with Crippen LogP contribution < -0.4 is 4.74 Å². The molecule has 1 saturated carbocycles. The van der Waals surface area contributed by atoms with Gasteiger partial charge in [0.25, 0.3) is 5.91 Å². The summed E-state index contributed by atoms with van der Waals surface area (Å²) in [5.74, 6) is 2.55. The van der Waals surface area contributed by atoms with Gasteiger partial charge in [-0.2, -0.15) is 0 Å². The minimum Gasteiger partial charge on any atom is -0.487 e. The van der Waals surface area contributed by atoms with Crippen LogP contribution in [0.25, 0.3) is 32.8 Å². The van der Waals surface area contributed by atoms with Gasteiger partial charge in [0, 0.05) is 54.0 Å². The van der Waals surface area contributed by atoms with Crippen LogP contribution in [0.1, 0.15) is 61.9 Å². The van der Waals surface area contributed by atoms with Gasteiger partial charge in [0.05, 0.1) is 22.1 Å². The van der Waals surface area contributed by atoms with Crippen molar-refractivity contribution in [1.29, 1.82) is 0 Å². The lowest BCUT2D eigenvalue weighted by Crippen LogP contribution is -2.47. The summed E-state index contributed by atoms with van der Waals surface area (Å²) in [4.78, 5) is 28.0. The SMILES string of the molecule is CC1CCC2C(C1)c1c(c3ccccc3c3nc4ccc(C(=O)N5CCN(C)CC5)cc4nc13)OC2(C)C. The van der Waals surface area contributed by atoms with Gasteiger partial charge in [0.2, 0.25) is 0 Å². The number of likely N-dealkylation sites (N-methyl/N-ethyl adjacent to an activating group) is 1. The summed E-state index contributed by atoms with van der Waals surface area (Å²) < 4.78 is 6.87. The number of hydrogen-bond acceptors (Lipinski definition) is 5. The van der Waals surface area contributed by atoms with E-state index in [0.29, 0.717) is 23.3 Å². The van der Waals surface area contributed by atoms with Gasteiger partial charge in [-0.05, 0) is 63.8 Å². The van der Waals surface area contributed by atoms with E-state index in [0.717, 1.165) is 77.6 Å². The Balaban J connectivity index is 1.44. The highest BCUT2D eigenvalue weighted by Gasteiger charge is 2.47. The second kappa shape index (κ2) is 8.63. The first-order valence-electron chi connectivity index (χ1n) is 14.1. The molecule has 3 unspecified atom stereocenters. The Morgan fingerprint density at radius 2 is 1.68 bits per heavy atom. The van der Waals surface area contributed by atoms with Crippen molar-refractivity contribution in [1.82, 2.24) is 19.8 Å². The first kappa shape index (κ1) is 23.8. The molecule has 1 aromatic heterocycles. The van der Waals surface area contributed by atoms with Crippen LogP contribution in [0.15, 0.2) is 42.5 Å². The summed E-state index contributed by atoms with van der Waals surface area (Å²) in [6.45, 7) is 10.2. The maximum atomic E-state index is 13.4. The fourth-order valence-electron chi connectivity index (χ4n) is 7.22. The highest BCUT2D eigenvalue weighted by atomic mass is 16.5. The molecule has 1 saturated heterocycles. The van der Waals surface area contributed by atoms with E-state index in [4.69, 9.17) is 14.7 Å². The molecule has 2 aliphatic heterocycles. The fourth-order valence-corrected chi connectivity index (χ4v) is 7.22. The van der Waals surface area contributed by atoms with E-state index >= 15 is 0 Å². The lowest BCUT2D eigenvalue weighted by molar-refractivity contribution is -0.0115. The van der Waals surface area contributed by atoms with Gasteiger partial charge in [0.1, 0.15) is 11.4 Å². The Bertz CT molecular complexity index is 1590. The molecular weight excluding hydrogens is 472 g/mol. The number of rotatable bonds is 1. The topological polar surface area (TPSA) is 58.6 Å². The van der Waals surface area contributed by atoms with Crippen LogP contribution in [-0.2, 0) is 0 Å². The normalized spacial score (nSPS) is 25.3. The highest BCUT2D eigenvalue weighted by Crippen LogP contribution is 2.56. The predicted molar refractivity (Wildman–Crippen MR) is 152 cm³/mol. The zero-order valence-electron chi connectivity index (χ0n) is 22.8. The molecule has 3 atom stereocenters. The average molecular weight is 509 g/mol. The van der Waals surface area contributed by atoms with Crippen molar-refractivity contribution in [3.63, 3.8) is 0 Å². The monoisotopic (exact) mass is 508 g/mol. The fraction of sp³-hybridized carbons (Fsp3) is 0.469. The van der Waals surface area contributed by atoms with Crippen LogP contribution in [0.2, 0.25) is 0 Å². The van der Waals surface area contributed by atoms with E-state index in [1.165, 1.54) is 12.0 Å². The van der Waals surface area contributed by atoms with Crippen molar-refractivity contribution in [2.75, 3.05) is 33.2 Å². The van der Waals surface area contributed by atoms with E-state index in [1.54, 1.807) is 0 Å². The summed E-state index contributed by atoms with van der Waals surface area (Å²) >= 11 is 0. The Hall–Kier alpha value is -3.25.